The molecule has 0 aromatic heterocycles. The Kier molecular flexibility index (Phi) is 5.83. The summed E-state index contributed by atoms with van der Waals surface area (Å²) in [5, 5.41) is 13.6. The standard InChI is InChI=1S/C19H23FN4O4S/c1-13(2)6-7-21-14-5-3-4-8-23(11-14)15-9-16(20)19(17(25)10-15)24-12-18(26)22-29(24,27)28/h3-5,8-11,13,21,25H,6-7,12H2,1-2H3,(H,22,26). The zero-order chi connectivity index (χ0) is 21.2. The van der Waals surface area contributed by atoms with Gasteiger partial charge in [0.05, 0.1) is 11.4 Å². The van der Waals surface area contributed by atoms with Gasteiger partial charge in [-0.2, -0.15) is 8.42 Å². The van der Waals surface area contributed by atoms with Crippen LogP contribution in [0.2, 0.25) is 0 Å². The van der Waals surface area contributed by atoms with Crippen molar-refractivity contribution in [3.8, 4) is 5.75 Å². The molecular formula is C19H23FN4O4S. The average molecular weight is 422 g/mol. The molecule has 2 heterocycles. The number of allylic oxidation sites excluding steroid dienone is 3. The largest absolute Gasteiger partial charge is 0.506 e. The fraction of sp³-hybridized carbons (Fsp3) is 0.316. The normalized spacial score (nSPS) is 18.1. The molecule has 0 unspecified atom stereocenters. The maximum Gasteiger partial charge on any atom is 0.326 e. The van der Waals surface area contributed by atoms with Crippen molar-refractivity contribution in [1.82, 2.24) is 10.0 Å². The topological polar surface area (TPSA) is 102 Å². The third-order valence-electron chi connectivity index (χ3n) is 4.36. The number of benzene rings is 1. The number of phenols is 1. The van der Waals surface area contributed by atoms with E-state index in [-0.39, 0.29) is 0 Å². The molecule has 0 atom stereocenters. The van der Waals surface area contributed by atoms with Gasteiger partial charge in [0.2, 0.25) is 0 Å². The Balaban J connectivity index is 1.89. The summed E-state index contributed by atoms with van der Waals surface area (Å²) >= 11 is 0. The lowest BCUT2D eigenvalue weighted by Crippen LogP contribution is -2.30. The van der Waals surface area contributed by atoms with Crippen molar-refractivity contribution in [2.45, 2.75) is 20.3 Å². The van der Waals surface area contributed by atoms with Gasteiger partial charge in [-0.15, -0.1) is 0 Å². The summed E-state index contributed by atoms with van der Waals surface area (Å²) in [7, 11) is -4.23. The van der Waals surface area contributed by atoms with Crippen molar-refractivity contribution in [1.29, 1.82) is 0 Å². The Labute approximate surface area is 169 Å². The monoisotopic (exact) mass is 422 g/mol. The van der Waals surface area contributed by atoms with E-state index in [9.17, 15) is 22.7 Å². The van der Waals surface area contributed by atoms with Gasteiger partial charge >= 0.3 is 10.2 Å². The molecule has 1 amide bonds. The SMILES string of the molecule is CC(C)CCNC1=CN(c2cc(O)c(N3CC(=O)NS3(=O)=O)c(F)c2)C=CC=C1. The Morgan fingerprint density at radius 1 is 1.31 bits per heavy atom. The molecule has 2 aliphatic heterocycles. The van der Waals surface area contributed by atoms with Crippen LogP contribution in [0, 0.1) is 11.7 Å². The number of hydrogen-bond donors (Lipinski definition) is 3. The number of carbonyl (C=O) groups excluding carboxylic acids is 1. The van der Waals surface area contributed by atoms with Gasteiger partial charge in [-0.25, -0.2) is 13.4 Å². The molecule has 1 fully saturated rings. The third kappa shape index (κ3) is 4.70. The first-order valence-corrected chi connectivity index (χ1v) is 10.6. The summed E-state index contributed by atoms with van der Waals surface area (Å²) in [5.41, 5.74) is 0.530. The van der Waals surface area contributed by atoms with E-state index in [1.807, 2.05) is 12.2 Å². The highest BCUT2D eigenvalue weighted by molar-refractivity contribution is 7.92. The molecule has 10 heteroatoms. The van der Waals surface area contributed by atoms with Crippen LogP contribution < -0.4 is 19.2 Å². The highest BCUT2D eigenvalue weighted by Crippen LogP contribution is 2.37. The van der Waals surface area contributed by atoms with Crippen LogP contribution >= 0.6 is 0 Å². The highest BCUT2D eigenvalue weighted by atomic mass is 32.2. The highest BCUT2D eigenvalue weighted by Gasteiger charge is 2.37. The van der Waals surface area contributed by atoms with Gasteiger partial charge in [-0.3, -0.25) is 4.79 Å². The number of rotatable bonds is 6. The minimum atomic E-state index is -4.23. The van der Waals surface area contributed by atoms with Crippen LogP contribution in [-0.2, 0) is 15.0 Å². The van der Waals surface area contributed by atoms with Gasteiger partial charge in [0.15, 0.2) is 5.82 Å². The summed E-state index contributed by atoms with van der Waals surface area (Å²) in [6, 6.07) is 2.35. The van der Waals surface area contributed by atoms with Gasteiger partial charge in [0, 0.05) is 31.1 Å². The van der Waals surface area contributed by atoms with Crippen molar-refractivity contribution in [2.75, 3.05) is 22.3 Å². The molecule has 3 N–H and O–H groups in total. The fourth-order valence-corrected chi connectivity index (χ4v) is 4.09. The van der Waals surface area contributed by atoms with Crippen LogP contribution in [0.15, 0.2) is 48.5 Å². The molecule has 0 bridgehead atoms. The number of hydrogen-bond acceptors (Lipinski definition) is 6. The number of aromatic hydroxyl groups is 1. The van der Waals surface area contributed by atoms with E-state index < -0.39 is 39.9 Å². The van der Waals surface area contributed by atoms with Crippen molar-refractivity contribution >= 4 is 27.5 Å². The average Bonchev–Trinajstić information content (AvgIpc) is 2.78. The van der Waals surface area contributed by atoms with E-state index in [1.54, 1.807) is 28.1 Å². The number of carbonyl (C=O) groups is 1. The number of anilines is 2. The number of amides is 1. The van der Waals surface area contributed by atoms with E-state index >= 15 is 0 Å². The zero-order valence-electron chi connectivity index (χ0n) is 16.1. The molecule has 0 spiro atoms. The lowest BCUT2D eigenvalue weighted by atomic mass is 10.1. The quantitative estimate of drug-likeness (QED) is 0.649. The maximum atomic E-state index is 14.8. The van der Waals surface area contributed by atoms with E-state index in [1.165, 1.54) is 6.07 Å². The predicted molar refractivity (Wildman–Crippen MR) is 109 cm³/mol. The number of nitrogens with one attached hydrogen (secondary N) is 2. The molecule has 0 radical (unpaired) electrons. The Morgan fingerprint density at radius 3 is 2.69 bits per heavy atom. The summed E-state index contributed by atoms with van der Waals surface area (Å²) < 4.78 is 41.0. The van der Waals surface area contributed by atoms with Crippen LogP contribution in [0.4, 0.5) is 15.8 Å². The molecule has 0 aliphatic carbocycles. The Bertz CT molecular complexity index is 978. The minimum Gasteiger partial charge on any atom is -0.506 e. The molecule has 0 saturated carbocycles. The van der Waals surface area contributed by atoms with Gasteiger partial charge in [0.25, 0.3) is 5.91 Å². The first-order chi connectivity index (χ1) is 13.7. The molecule has 156 valence electrons. The number of nitrogens with zero attached hydrogens (tertiary/aromatic N) is 2. The van der Waals surface area contributed by atoms with Crippen molar-refractivity contribution < 1.29 is 22.7 Å². The predicted octanol–water partition coefficient (Wildman–Crippen LogP) is 2.08. The maximum absolute atomic E-state index is 14.8. The van der Waals surface area contributed by atoms with Gasteiger partial charge in [-0.1, -0.05) is 19.9 Å². The smallest absolute Gasteiger partial charge is 0.326 e. The molecule has 8 nitrogen and oxygen atoms in total. The van der Waals surface area contributed by atoms with Crippen LogP contribution in [0.1, 0.15) is 20.3 Å². The number of halogens is 1. The first kappa shape index (κ1) is 20.7. The third-order valence-corrected chi connectivity index (χ3v) is 5.74. The van der Waals surface area contributed by atoms with Crippen LogP contribution in [-0.4, -0.2) is 32.5 Å². The van der Waals surface area contributed by atoms with Crippen molar-refractivity contribution in [2.24, 2.45) is 5.92 Å². The summed E-state index contributed by atoms with van der Waals surface area (Å²) in [6.07, 6.45) is 9.86. The van der Waals surface area contributed by atoms with E-state index in [4.69, 9.17) is 0 Å². The zero-order valence-corrected chi connectivity index (χ0v) is 16.9. The van der Waals surface area contributed by atoms with Gasteiger partial charge in [-0.05, 0) is 24.5 Å². The molecule has 29 heavy (non-hydrogen) atoms. The Hall–Kier alpha value is -3.01. The van der Waals surface area contributed by atoms with E-state index in [0.717, 1.165) is 24.7 Å². The molecular weight excluding hydrogens is 399 g/mol. The summed E-state index contributed by atoms with van der Waals surface area (Å²) in [4.78, 5) is 13.0. The second-order valence-corrected chi connectivity index (χ2v) is 8.73. The van der Waals surface area contributed by atoms with E-state index in [0.29, 0.717) is 15.9 Å². The van der Waals surface area contributed by atoms with Crippen LogP contribution in [0.5, 0.6) is 5.75 Å². The molecule has 2 aliphatic rings. The lowest BCUT2D eigenvalue weighted by Gasteiger charge is -2.21. The minimum absolute atomic E-state index is 0.294. The van der Waals surface area contributed by atoms with Crippen LogP contribution in [0.3, 0.4) is 0 Å². The molecule has 1 saturated heterocycles. The van der Waals surface area contributed by atoms with Gasteiger partial charge < -0.3 is 15.3 Å². The lowest BCUT2D eigenvalue weighted by molar-refractivity contribution is -0.117. The molecule has 1 aromatic carbocycles. The summed E-state index contributed by atoms with van der Waals surface area (Å²) in [5.74, 6) is -1.80. The molecule has 3 rings (SSSR count). The second kappa shape index (κ2) is 8.16. The van der Waals surface area contributed by atoms with Crippen molar-refractivity contribution in [3.63, 3.8) is 0 Å². The number of phenolic OH excluding ortho intramolecular Hbond substituents is 1. The molecule has 1 aromatic rings. The van der Waals surface area contributed by atoms with Crippen LogP contribution in [0.25, 0.3) is 0 Å². The Morgan fingerprint density at radius 2 is 2.07 bits per heavy atom. The fourth-order valence-electron chi connectivity index (χ4n) is 2.92. The van der Waals surface area contributed by atoms with Crippen molar-refractivity contribution in [3.05, 3.63) is 54.3 Å². The summed E-state index contributed by atoms with van der Waals surface area (Å²) in [6.45, 7) is 4.44. The van der Waals surface area contributed by atoms with E-state index in [2.05, 4.69) is 19.2 Å². The van der Waals surface area contributed by atoms with Gasteiger partial charge in [0.1, 0.15) is 18.0 Å². The second-order valence-electron chi connectivity index (χ2n) is 7.13. The first-order valence-electron chi connectivity index (χ1n) is 9.12.